The third-order valence-electron chi connectivity index (χ3n) is 3.19. The summed E-state index contributed by atoms with van der Waals surface area (Å²) in [5.74, 6) is 0.166. The molecule has 1 heterocycles. The van der Waals surface area contributed by atoms with Crippen LogP contribution < -0.4 is 10.1 Å². The van der Waals surface area contributed by atoms with Gasteiger partial charge in [-0.3, -0.25) is 4.79 Å². The predicted octanol–water partition coefficient (Wildman–Crippen LogP) is 3.95. The van der Waals surface area contributed by atoms with Crippen molar-refractivity contribution in [2.24, 2.45) is 4.99 Å². The van der Waals surface area contributed by atoms with Gasteiger partial charge in [0.25, 0.3) is 5.91 Å². The number of phenolic OH excluding ortho intramolecular Hbond substituents is 1. The molecular formula is C17H13ClN2O3S. The summed E-state index contributed by atoms with van der Waals surface area (Å²) in [4.78, 5) is 16.9. The third kappa shape index (κ3) is 3.72. The molecule has 0 bridgehead atoms. The molecule has 1 saturated heterocycles. The summed E-state index contributed by atoms with van der Waals surface area (Å²) in [5, 5.41) is 13.4. The molecule has 2 N–H and O–H groups in total. The monoisotopic (exact) mass is 360 g/mol. The van der Waals surface area contributed by atoms with Gasteiger partial charge >= 0.3 is 0 Å². The molecule has 0 unspecified atom stereocenters. The van der Waals surface area contributed by atoms with Crippen LogP contribution in [-0.4, -0.2) is 23.3 Å². The molecule has 122 valence electrons. The zero-order chi connectivity index (χ0) is 17.1. The molecule has 0 radical (unpaired) electrons. The van der Waals surface area contributed by atoms with E-state index in [1.54, 1.807) is 42.5 Å². The maximum atomic E-state index is 12.1. The van der Waals surface area contributed by atoms with Gasteiger partial charge in [0, 0.05) is 5.02 Å². The molecule has 0 aromatic heterocycles. The van der Waals surface area contributed by atoms with Crippen LogP contribution in [0, 0.1) is 0 Å². The fourth-order valence-corrected chi connectivity index (χ4v) is 3.11. The summed E-state index contributed by atoms with van der Waals surface area (Å²) in [6.45, 7) is 0. The lowest BCUT2D eigenvalue weighted by Gasteiger charge is -2.03. The molecule has 2 aromatic rings. The van der Waals surface area contributed by atoms with Gasteiger partial charge in [0.05, 0.1) is 17.7 Å². The van der Waals surface area contributed by atoms with E-state index in [9.17, 15) is 9.90 Å². The van der Waals surface area contributed by atoms with Crippen LogP contribution in [0.2, 0.25) is 5.02 Å². The maximum Gasteiger partial charge on any atom is 0.264 e. The van der Waals surface area contributed by atoms with Crippen molar-refractivity contribution in [2.45, 2.75) is 0 Å². The first kappa shape index (κ1) is 16.4. The molecule has 0 spiro atoms. The Bertz CT molecular complexity index is 865. The van der Waals surface area contributed by atoms with Crippen molar-refractivity contribution >= 4 is 46.2 Å². The minimum absolute atomic E-state index is 0.0476. The lowest BCUT2D eigenvalue weighted by molar-refractivity contribution is -0.115. The number of carbonyl (C=O) groups excluding carboxylic acids is 1. The number of nitrogens with zero attached hydrogens (tertiary/aromatic N) is 1. The highest BCUT2D eigenvalue weighted by Gasteiger charge is 2.23. The number of phenols is 1. The molecule has 0 aliphatic carbocycles. The molecule has 3 rings (SSSR count). The van der Waals surface area contributed by atoms with E-state index in [1.165, 1.54) is 24.9 Å². The normalized spacial score (nSPS) is 17.3. The number of rotatable bonds is 3. The van der Waals surface area contributed by atoms with Gasteiger partial charge in [-0.15, -0.1) is 0 Å². The zero-order valence-corrected chi connectivity index (χ0v) is 14.2. The third-order valence-corrected chi connectivity index (χ3v) is 4.34. The zero-order valence-electron chi connectivity index (χ0n) is 12.6. The topological polar surface area (TPSA) is 70.9 Å². The van der Waals surface area contributed by atoms with E-state index < -0.39 is 0 Å². The second kappa shape index (κ2) is 6.98. The van der Waals surface area contributed by atoms with Crippen LogP contribution in [0.1, 0.15) is 5.56 Å². The quantitative estimate of drug-likeness (QED) is 0.813. The van der Waals surface area contributed by atoms with Gasteiger partial charge in [-0.2, -0.15) is 0 Å². The Morgan fingerprint density at radius 2 is 2.12 bits per heavy atom. The van der Waals surface area contributed by atoms with Gasteiger partial charge < -0.3 is 15.2 Å². The van der Waals surface area contributed by atoms with Crippen LogP contribution in [0.25, 0.3) is 6.08 Å². The van der Waals surface area contributed by atoms with Crippen molar-refractivity contribution in [3.8, 4) is 11.5 Å². The number of benzene rings is 2. The Labute approximate surface area is 148 Å². The van der Waals surface area contributed by atoms with Crippen molar-refractivity contribution < 1.29 is 14.6 Å². The summed E-state index contributed by atoms with van der Waals surface area (Å²) in [5.41, 5.74) is 1.41. The van der Waals surface area contributed by atoms with E-state index in [1.807, 2.05) is 0 Å². The fraction of sp³-hybridized carbons (Fsp3) is 0.0588. The van der Waals surface area contributed by atoms with Crippen molar-refractivity contribution in [1.82, 2.24) is 5.32 Å². The van der Waals surface area contributed by atoms with E-state index >= 15 is 0 Å². The molecular weight excluding hydrogens is 348 g/mol. The van der Waals surface area contributed by atoms with E-state index in [4.69, 9.17) is 16.3 Å². The highest BCUT2D eigenvalue weighted by atomic mass is 35.5. The summed E-state index contributed by atoms with van der Waals surface area (Å²) in [6.07, 6.45) is 1.71. The van der Waals surface area contributed by atoms with Crippen LogP contribution in [0.3, 0.4) is 0 Å². The highest BCUT2D eigenvalue weighted by molar-refractivity contribution is 8.18. The van der Waals surface area contributed by atoms with E-state index in [0.29, 0.717) is 26.5 Å². The Kier molecular flexibility index (Phi) is 4.78. The number of methoxy groups -OCH3 is 1. The predicted molar refractivity (Wildman–Crippen MR) is 96.9 cm³/mol. The molecule has 7 heteroatoms. The lowest BCUT2D eigenvalue weighted by atomic mass is 10.2. The summed E-state index contributed by atoms with van der Waals surface area (Å²) in [6, 6.07) is 11.9. The lowest BCUT2D eigenvalue weighted by Crippen LogP contribution is -2.19. The molecule has 1 amide bonds. The van der Waals surface area contributed by atoms with Crippen LogP contribution in [0.5, 0.6) is 11.5 Å². The van der Waals surface area contributed by atoms with Gasteiger partial charge in [0.15, 0.2) is 16.7 Å². The largest absolute Gasteiger partial charge is 0.504 e. The molecule has 1 fully saturated rings. The average molecular weight is 361 g/mol. The Hall–Kier alpha value is -2.44. The van der Waals surface area contributed by atoms with Gasteiger partial charge in [0.2, 0.25) is 0 Å². The molecule has 2 aromatic carbocycles. The maximum absolute atomic E-state index is 12.1. The first-order chi connectivity index (χ1) is 11.5. The number of amidine groups is 1. The van der Waals surface area contributed by atoms with E-state index in [-0.39, 0.29) is 11.7 Å². The smallest absolute Gasteiger partial charge is 0.264 e. The van der Waals surface area contributed by atoms with Crippen molar-refractivity contribution in [1.29, 1.82) is 0 Å². The van der Waals surface area contributed by atoms with Crippen LogP contribution in [-0.2, 0) is 4.79 Å². The second-order valence-corrected chi connectivity index (χ2v) is 6.36. The number of thioether (sulfide) groups is 1. The molecule has 0 atom stereocenters. The van der Waals surface area contributed by atoms with E-state index in [2.05, 4.69) is 10.3 Å². The first-order valence-electron chi connectivity index (χ1n) is 6.97. The molecule has 0 saturated carbocycles. The number of amides is 1. The second-order valence-electron chi connectivity index (χ2n) is 4.89. The van der Waals surface area contributed by atoms with Gasteiger partial charge in [-0.25, -0.2) is 4.99 Å². The van der Waals surface area contributed by atoms with Crippen molar-refractivity contribution in [3.05, 3.63) is 58.0 Å². The highest BCUT2D eigenvalue weighted by Crippen LogP contribution is 2.31. The molecule has 1 aliphatic rings. The molecule has 5 nitrogen and oxygen atoms in total. The minimum atomic E-state index is -0.229. The van der Waals surface area contributed by atoms with Gasteiger partial charge in [0.1, 0.15) is 0 Å². The number of hydrogen-bond acceptors (Lipinski definition) is 5. The Balaban J connectivity index is 1.84. The molecule has 1 aliphatic heterocycles. The SMILES string of the molecule is COc1cc(/C=C2/SC(=Nc3cccc(Cl)c3)NC2=O)ccc1O. The number of ether oxygens (including phenoxy) is 1. The molecule has 24 heavy (non-hydrogen) atoms. The van der Waals surface area contributed by atoms with Crippen molar-refractivity contribution in [2.75, 3.05) is 7.11 Å². The number of nitrogens with one attached hydrogen (secondary N) is 1. The van der Waals surface area contributed by atoms with Gasteiger partial charge in [-0.1, -0.05) is 23.7 Å². The van der Waals surface area contributed by atoms with Gasteiger partial charge in [-0.05, 0) is 53.7 Å². The standard InChI is InChI=1S/C17H13ClN2O3S/c1-23-14-7-10(5-6-13(14)21)8-15-16(22)20-17(24-15)19-12-4-2-3-11(18)9-12/h2-9,21H,1H3,(H,19,20,22)/b15-8+. The number of halogens is 1. The van der Waals surface area contributed by atoms with Crippen molar-refractivity contribution in [3.63, 3.8) is 0 Å². The summed E-state index contributed by atoms with van der Waals surface area (Å²) < 4.78 is 5.07. The van der Waals surface area contributed by atoms with Crippen LogP contribution >= 0.6 is 23.4 Å². The first-order valence-corrected chi connectivity index (χ1v) is 8.17. The average Bonchev–Trinajstić information content (AvgIpc) is 2.88. The van der Waals surface area contributed by atoms with E-state index in [0.717, 1.165) is 5.56 Å². The van der Waals surface area contributed by atoms with Crippen LogP contribution in [0.15, 0.2) is 52.4 Å². The number of hydrogen-bond donors (Lipinski definition) is 2. The van der Waals surface area contributed by atoms with Crippen LogP contribution in [0.4, 0.5) is 5.69 Å². The number of carbonyl (C=O) groups is 1. The summed E-state index contributed by atoms with van der Waals surface area (Å²) >= 11 is 7.17. The minimum Gasteiger partial charge on any atom is -0.504 e. The Morgan fingerprint density at radius 1 is 1.29 bits per heavy atom. The Morgan fingerprint density at radius 3 is 2.88 bits per heavy atom. The summed E-state index contributed by atoms with van der Waals surface area (Å²) in [7, 11) is 1.47. The fourth-order valence-electron chi connectivity index (χ4n) is 2.08. The number of aliphatic imine (C=N–C) groups is 1. The number of aromatic hydroxyl groups is 1.